The molecule has 0 nitrogen and oxygen atoms in total. The van der Waals surface area contributed by atoms with Crippen LogP contribution >= 0.6 is 0 Å². The first-order chi connectivity index (χ1) is 27.5. The minimum Gasteiger partial charge on any atom is -0.103 e. The van der Waals surface area contributed by atoms with Gasteiger partial charge in [-0.25, -0.2) is 0 Å². The molecule has 5 saturated carbocycles. The van der Waals surface area contributed by atoms with Crippen LogP contribution in [0.3, 0.4) is 0 Å². The number of hydrogen-bond donors (Lipinski definition) is 0. The molecule has 0 heterocycles. The van der Waals surface area contributed by atoms with Gasteiger partial charge in [0, 0.05) is 0 Å². The summed E-state index contributed by atoms with van der Waals surface area (Å²) in [5.74, 6) is 14.3. The van der Waals surface area contributed by atoms with Gasteiger partial charge >= 0.3 is 0 Å². The predicted molar refractivity (Wildman–Crippen MR) is 241 cm³/mol. The molecular formula is C56H74. The second-order valence-electron chi connectivity index (χ2n) is 19.9. The lowest BCUT2D eigenvalue weighted by Crippen LogP contribution is -2.17. The van der Waals surface area contributed by atoms with Crippen LogP contribution in [0.1, 0.15) is 77.0 Å². The molecule has 0 spiro atoms. The zero-order valence-electron chi connectivity index (χ0n) is 34.7. The molecule has 20 atom stereocenters. The highest BCUT2D eigenvalue weighted by molar-refractivity contribution is 5.22. The summed E-state index contributed by atoms with van der Waals surface area (Å²) in [7, 11) is 0. The Labute approximate surface area is 342 Å². The Morgan fingerprint density at radius 2 is 0.821 bits per heavy atom. The summed E-state index contributed by atoms with van der Waals surface area (Å²) in [6.07, 6.45) is 58.9. The highest BCUT2D eigenvalue weighted by Crippen LogP contribution is 2.54. The summed E-state index contributed by atoms with van der Waals surface area (Å²) in [5.41, 5.74) is 0. The molecule has 0 heteroatoms. The zero-order valence-corrected chi connectivity index (χ0v) is 34.7. The molecule has 0 aromatic carbocycles. The maximum Gasteiger partial charge on any atom is -0.0133 e. The summed E-state index contributed by atoms with van der Waals surface area (Å²) < 4.78 is 0. The lowest BCUT2D eigenvalue weighted by molar-refractivity contribution is 0.312. The highest BCUT2D eigenvalue weighted by atomic mass is 14.5. The van der Waals surface area contributed by atoms with Gasteiger partial charge in [0.1, 0.15) is 0 Å². The number of fused-ring (bicyclic) bond motifs is 7. The summed E-state index contributed by atoms with van der Waals surface area (Å²) in [4.78, 5) is 0. The fourth-order valence-corrected chi connectivity index (χ4v) is 14.7. The normalized spacial score (nSPS) is 47.4. The van der Waals surface area contributed by atoms with E-state index in [0.29, 0.717) is 82.9 Å². The maximum absolute atomic E-state index is 4.32. The fourth-order valence-electron chi connectivity index (χ4n) is 14.7. The SMILES string of the molecule is C1=CC2C3C=CC(C3)C2C1.C=CC1CC(/C=C\C2CC(C=C)C(C=C)C2CCCCC2C(/C=C\C3CC(C=C)C4CC=CC34)CC(C=C)C2C=C)C2CC=CC12. The fraction of sp³-hybridized carbons (Fsp3) is 0.571. The van der Waals surface area contributed by atoms with Gasteiger partial charge in [-0.15, -0.1) is 39.5 Å². The van der Waals surface area contributed by atoms with Crippen molar-refractivity contribution in [1.82, 2.24) is 0 Å². The first kappa shape index (κ1) is 39.7. The molecule has 2 bridgehead atoms. The average molecular weight is 747 g/mol. The molecular weight excluding hydrogens is 673 g/mol. The summed E-state index contributed by atoms with van der Waals surface area (Å²) >= 11 is 0. The molecule has 56 heavy (non-hydrogen) atoms. The minimum atomic E-state index is 0.545. The van der Waals surface area contributed by atoms with E-state index in [9.17, 15) is 0 Å². The van der Waals surface area contributed by atoms with Crippen molar-refractivity contribution in [1.29, 1.82) is 0 Å². The predicted octanol–water partition coefficient (Wildman–Crippen LogP) is 14.6. The van der Waals surface area contributed by atoms with Crippen LogP contribution in [0.5, 0.6) is 0 Å². The van der Waals surface area contributed by atoms with Crippen LogP contribution in [-0.4, -0.2) is 0 Å². The van der Waals surface area contributed by atoms with Gasteiger partial charge in [-0.05, 0) is 183 Å². The van der Waals surface area contributed by atoms with Crippen LogP contribution in [0, 0.1) is 118 Å². The smallest absolute Gasteiger partial charge is 0.0133 e. The van der Waals surface area contributed by atoms with E-state index in [1.165, 1.54) is 77.0 Å². The third kappa shape index (κ3) is 7.62. The van der Waals surface area contributed by atoms with Crippen LogP contribution in [0.2, 0.25) is 0 Å². The van der Waals surface area contributed by atoms with Crippen LogP contribution < -0.4 is 0 Å². The molecule has 9 rings (SSSR count). The average Bonchev–Trinajstić information content (AvgIpc) is 4.07. The molecule has 0 radical (unpaired) electrons. The quantitative estimate of drug-likeness (QED) is 0.116. The van der Waals surface area contributed by atoms with E-state index < -0.39 is 0 Å². The molecule has 0 aromatic heterocycles. The number of allylic oxidation sites excluding steroid dienone is 18. The molecule has 20 unspecified atom stereocenters. The van der Waals surface area contributed by atoms with Crippen molar-refractivity contribution in [3.05, 3.63) is 149 Å². The second kappa shape index (κ2) is 17.8. The van der Waals surface area contributed by atoms with Gasteiger partial charge in [-0.1, -0.05) is 122 Å². The van der Waals surface area contributed by atoms with Crippen LogP contribution in [0.15, 0.2) is 149 Å². The van der Waals surface area contributed by atoms with Crippen LogP contribution in [0.25, 0.3) is 0 Å². The standard InChI is InChI=1S/C46H62.C10H12/c1-7-31-27-35(23-25-37-29-33(9-3)41-19-15-21-45(37)41)43(39(31)11-5)17-13-14-18-44-36(28-32(8-2)40(44)12-6)24-26-38-30-34(10-4)42-20-16-22-46(38)42;1-2-9-7-4-5-8(6-7)10(9)3-1/h7-12,15-16,19,22-26,31-46H,1-6,13-14,17-18,20-21,27-30H2;1-2,4-5,7-10H,3,6H2/b25-23-,26-24-;. The molecule has 5 fully saturated rings. The van der Waals surface area contributed by atoms with E-state index in [1.54, 1.807) is 0 Å². The van der Waals surface area contributed by atoms with E-state index >= 15 is 0 Å². The van der Waals surface area contributed by atoms with Gasteiger partial charge in [-0.2, -0.15) is 0 Å². The van der Waals surface area contributed by atoms with Gasteiger partial charge in [0.25, 0.3) is 0 Å². The Morgan fingerprint density at radius 1 is 0.375 bits per heavy atom. The van der Waals surface area contributed by atoms with Crippen LogP contribution in [0.4, 0.5) is 0 Å². The van der Waals surface area contributed by atoms with E-state index in [1.807, 2.05) is 0 Å². The van der Waals surface area contributed by atoms with E-state index in [0.717, 1.165) is 35.5 Å². The van der Waals surface area contributed by atoms with Gasteiger partial charge in [0.15, 0.2) is 0 Å². The topological polar surface area (TPSA) is 0 Å². The first-order valence-electron chi connectivity index (χ1n) is 23.3. The Balaban J connectivity index is 0.000000375. The Bertz CT molecular complexity index is 1620. The van der Waals surface area contributed by atoms with Crippen molar-refractivity contribution >= 4 is 0 Å². The molecule has 298 valence electrons. The lowest BCUT2D eigenvalue weighted by atomic mass is 9.80. The monoisotopic (exact) mass is 747 g/mol. The van der Waals surface area contributed by atoms with Crippen molar-refractivity contribution in [2.45, 2.75) is 77.0 Å². The molecule has 0 aliphatic heterocycles. The van der Waals surface area contributed by atoms with Gasteiger partial charge in [0.05, 0.1) is 0 Å². The first-order valence-corrected chi connectivity index (χ1v) is 23.3. The molecule has 9 aliphatic carbocycles. The summed E-state index contributed by atoms with van der Waals surface area (Å²) in [6, 6.07) is 0. The van der Waals surface area contributed by atoms with Crippen molar-refractivity contribution < 1.29 is 0 Å². The number of unbranched alkanes of at least 4 members (excludes halogenated alkanes) is 1. The van der Waals surface area contributed by atoms with E-state index in [2.05, 4.69) is 149 Å². The lowest BCUT2D eigenvalue weighted by Gasteiger charge is -2.25. The van der Waals surface area contributed by atoms with E-state index in [4.69, 9.17) is 0 Å². The van der Waals surface area contributed by atoms with Crippen molar-refractivity contribution in [2.75, 3.05) is 0 Å². The van der Waals surface area contributed by atoms with Crippen molar-refractivity contribution in [2.24, 2.45) is 118 Å². The van der Waals surface area contributed by atoms with Gasteiger partial charge in [0.2, 0.25) is 0 Å². The zero-order chi connectivity index (χ0) is 38.8. The second-order valence-corrected chi connectivity index (χ2v) is 19.9. The minimum absolute atomic E-state index is 0.545. The van der Waals surface area contributed by atoms with Crippen molar-refractivity contribution in [3.63, 3.8) is 0 Å². The van der Waals surface area contributed by atoms with Crippen LogP contribution in [-0.2, 0) is 0 Å². The molecule has 0 saturated heterocycles. The summed E-state index contributed by atoms with van der Waals surface area (Å²) in [6.45, 7) is 25.5. The third-order valence-corrected chi connectivity index (χ3v) is 17.6. The Kier molecular flexibility index (Phi) is 12.6. The highest BCUT2D eigenvalue weighted by Gasteiger charge is 2.46. The Morgan fingerprint density at radius 3 is 1.38 bits per heavy atom. The molecule has 0 amide bonds. The Hall–Kier alpha value is -3.12. The van der Waals surface area contributed by atoms with E-state index in [-0.39, 0.29) is 0 Å². The molecule has 0 aromatic rings. The summed E-state index contributed by atoms with van der Waals surface area (Å²) in [5, 5.41) is 0. The van der Waals surface area contributed by atoms with Gasteiger partial charge in [-0.3, -0.25) is 0 Å². The van der Waals surface area contributed by atoms with Gasteiger partial charge < -0.3 is 0 Å². The maximum atomic E-state index is 4.32. The van der Waals surface area contributed by atoms with Crippen molar-refractivity contribution in [3.8, 4) is 0 Å². The molecule has 9 aliphatic rings. The molecule has 0 N–H and O–H groups in total. The number of rotatable bonds is 15. The number of hydrogen-bond acceptors (Lipinski definition) is 0. The third-order valence-electron chi connectivity index (χ3n) is 17.6. The largest absolute Gasteiger partial charge is 0.103 e.